The summed E-state index contributed by atoms with van der Waals surface area (Å²) < 4.78 is 5.77. The number of para-hydroxylation sites is 1. The molecule has 4 aromatic rings. The number of ketones is 1. The van der Waals surface area contributed by atoms with Crippen molar-refractivity contribution in [3.8, 4) is 16.9 Å². The first-order valence-corrected chi connectivity index (χ1v) is 18.3. The number of Topliss-reactive ketones (excluding diaryl/α,β-unsaturated/α-hetero) is 1. The second kappa shape index (κ2) is 18.5. The van der Waals surface area contributed by atoms with E-state index in [2.05, 4.69) is 25.8 Å². The molecule has 0 bridgehead atoms. The number of amides is 2. The summed E-state index contributed by atoms with van der Waals surface area (Å²) >= 11 is 0. The third kappa shape index (κ3) is 10.7. The van der Waals surface area contributed by atoms with Crippen LogP contribution in [0.2, 0.25) is 0 Å². The van der Waals surface area contributed by atoms with Gasteiger partial charge in [-0.1, -0.05) is 84.9 Å². The van der Waals surface area contributed by atoms with E-state index in [9.17, 15) is 19.5 Å². The first-order valence-electron chi connectivity index (χ1n) is 18.3. The Kier molecular flexibility index (Phi) is 13.0. The normalized spacial score (nSPS) is 15.9. The molecule has 2 amide bonds. The van der Waals surface area contributed by atoms with E-state index in [0.29, 0.717) is 18.7 Å². The van der Waals surface area contributed by atoms with Gasteiger partial charge in [0.1, 0.15) is 11.9 Å². The van der Waals surface area contributed by atoms with Gasteiger partial charge >= 0.3 is 6.09 Å². The standard InChI is InChI=1S/C42H49N5O5/c48-36-16-12-31(13-17-36)28-44-41(50)35-18-23-47(24-19-35)30-32-10-14-34(15-11-32)40(49)29-43-22-27-46-25-20-37(21-26-46)52-42(51)45-39-9-5-4-8-38(39)33-6-2-1-3-7-33/h1-17,35,37,43,48H,18-30H2,(H,44,50)(H,45,51). The fourth-order valence-electron chi connectivity index (χ4n) is 6.90. The van der Waals surface area contributed by atoms with Gasteiger partial charge in [-0.15, -0.1) is 0 Å². The third-order valence-corrected chi connectivity index (χ3v) is 9.99. The fraction of sp³-hybridized carbons (Fsp3) is 0.357. The van der Waals surface area contributed by atoms with Gasteiger partial charge in [-0.2, -0.15) is 0 Å². The Morgan fingerprint density at radius 3 is 2.12 bits per heavy atom. The third-order valence-electron chi connectivity index (χ3n) is 9.99. The molecule has 0 radical (unpaired) electrons. The Hall–Kier alpha value is -5.03. The zero-order valence-corrected chi connectivity index (χ0v) is 29.6. The Morgan fingerprint density at radius 1 is 0.731 bits per heavy atom. The van der Waals surface area contributed by atoms with Crippen LogP contribution in [0.25, 0.3) is 11.1 Å². The molecule has 52 heavy (non-hydrogen) atoms. The molecule has 2 aliphatic heterocycles. The number of ether oxygens (including phenoxy) is 1. The highest BCUT2D eigenvalue weighted by atomic mass is 16.6. The van der Waals surface area contributed by atoms with Gasteiger partial charge in [0.2, 0.25) is 5.91 Å². The molecule has 0 saturated carbocycles. The number of likely N-dealkylation sites (tertiary alicyclic amines) is 2. The number of rotatable bonds is 14. The van der Waals surface area contributed by atoms with E-state index in [1.165, 1.54) is 0 Å². The predicted molar refractivity (Wildman–Crippen MR) is 203 cm³/mol. The molecule has 4 aromatic carbocycles. The maximum atomic E-state index is 12.8. The molecule has 10 nitrogen and oxygen atoms in total. The first kappa shape index (κ1) is 36.8. The molecule has 10 heteroatoms. The Bertz CT molecular complexity index is 1750. The number of anilines is 1. The molecule has 0 aromatic heterocycles. The number of aromatic hydroxyl groups is 1. The number of piperidine rings is 2. The van der Waals surface area contributed by atoms with E-state index < -0.39 is 6.09 Å². The zero-order valence-electron chi connectivity index (χ0n) is 29.6. The molecule has 0 atom stereocenters. The Labute approximate surface area is 306 Å². The summed E-state index contributed by atoms with van der Waals surface area (Å²) in [6, 6.07) is 32.5. The molecule has 6 rings (SSSR count). The minimum atomic E-state index is -0.430. The van der Waals surface area contributed by atoms with Crippen molar-refractivity contribution in [2.24, 2.45) is 5.92 Å². The fourth-order valence-corrected chi connectivity index (χ4v) is 6.90. The minimum absolute atomic E-state index is 0.00901. The lowest BCUT2D eigenvalue weighted by molar-refractivity contribution is -0.126. The molecule has 2 aliphatic rings. The molecule has 2 saturated heterocycles. The van der Waals surface area contributed by atoms with Gasteiger partial charge in [-0.05, 0) is 73.7 Å². The van der Waals surface area contributed by atoms with Crippen LogP contribution in [-0.2, 0) is 22.6 Å². The predicted octanol–water partition coefficient (Wildman–Crippen LogP) is 6.07. The summed E-state index contributed by atoms with van der Waals surface area (Å²) in [5.41, 5.74) is 5.53. The lowest BCUT2D eigenvalue weighted by Gasteiger charge is -2.31. The number of hydrogen-bond donors (Lipinski definition) is 4. The van der Waals surface area contributed by atoms with Crippen molar-refractivity contribution in [2.45, 2.75) is 44.9 Å². The number of phenolic OH excluding ortho intramolecular Hbond substituents is 1. The van der Waals surface area contributed by atoms with Crippen LogP contribution in [0.3, 0.4) is 0 Å². The summed E-state index contributed by atoms with van der Waals surface area (Å²) in [6.07, 6.45) is 2.62. The average molecular weight is 704 g/mol. The molecule has 272 valence electrons. The topological polar surface area (TPSA) is 123 Å². The number of benzene rings is 4. The van der Waals surface area contributed by atoms with Gasteiger partial charge in [0.05, 0.1) is 12.2 Å². The van der Waals surface area contributed by atoms with Crippen molar-refractivity contribution in [2.75, 3.05) is 51.1 Å². The van der Waals surface area contributed by atoms with Crippen LogP contribution >= 0.6 is 0 Å². The van der Waals surface area contributed by atoms with E-state index >= 15 is 0 Å². The average Bonchev–Trinajstić information content (AvgIpc) is 3.18. The van der Waals surface area contributed by atoms with Gasteiger partial charge in [0.25, 0.3) is 0 Å². The molecular weight excluding hydrogens is 654 g/mol. The quantitative estimate of drug-likeness (QED) is 0.0922. The molecule has 2 fully saturated rings. The van der Waals surface area contributed by atoms with Gasteiger partial charge in [0, 0.05) is 56.3 Å². The molecule has 0 aliphatic carbocycles. The zero-order chi connectivity index (χ0) is 36.1. The van der Waals surface area contributed by atoms with Crippen molar-refractivity contribution in [1.82, 2.24) is 20.4 Å². The SMILES string of the molecule is O=C(Nc1ccccc1-c1ccccc1)OC1CCN(CCNCC(=O)c2ccc(CN3CCC(C(=O)NCc4ccc(O)cc4)CC3)cc2)CC1. The number of nitrogens with one attached hydrogen (secondary N) is 3. The lowest BCUT2D eigenvalue weighted by Crippen LogP contribution is -2.42. The van der Waals surface area contributed by atoms with Gasteiger partial charge in [0.15, 0.2) is 5.78 Å². The Balaban J connectivity index is 0.830. The van der Waals surface area contributed by atoms with Crippen LogP contribution in [0, 0.1) is 5.92 Å². The summed E-state index contributed by atoms with van der Waals surface area (Å²) in [5.74, 6) is 0.379. The van der Waals surface area contributed by atoms with Gasteiger partial charge < -0.3 is 25.4 Å². The Morgan fingerprint density at radius 2 is 1.38 bits per heavy atom. The first-order chi connectivity index (χ1) is 25.4. The van der Waals surface area contributed by atoms with E-state index in [1.807, 2.05) is 91.0 Å². The smallest absolute Gasteiger partial charge is 0.411 e. The summed E-state index contributed by atoms with van der Waals surface area (Å²) in [6.45, 7) is 6.45. The molecule has 0 unspecified atom stereocenters. The minimum Gasteiger partial charge on any atom is -0.508 e. The van der Waals surface area contributed by atoms with Crippen LogP contribution < -0.4 is 16.0 Å². The summed E-state index contributed by atoms with van der Waals surface area (Å²) in [5, 5.41) is 18.7. The monoisotopic (exact) mass is 703 g/mol. The highest BCUT2D eigenvalue weighted by molar-refractivity contribution is 5.97. The lowest BCUT2D eigenvalue weighted by atomic mass is 9.95. The van der Waals surface area contributed by atoms with E-state index in [4.69, 9.17) is 4.74 Å². The van der Waals surface area contributed by atoms with Crippen molar-refractivity contribution >= 4 is 23.5 Å². The van der Waals surface area contributed by atoms with Crippen LogP contribution in [-0.4, -0.2) is 84.6 Å². The van der Waals surface area contributed by atoms with Crippen molar-refractivity contribution in [3.63, 3.8) is 0 Å². The van der Waals surface area contributed by atoms with E-state index in [-0.39, 0.29) is 36.0 Å². The second-order valence-electron chi connectivity index (χ2n) is 13.7. The highest BCUT2D eigenvalue weighted by Crippen LogP contribution is 2.28. The number of carbonyl (C=O) groups excluding carboxylic acids is 3. The van der Waals surface area contributed by atoms with Crippen molar-refractivity contribution in [1.29, 1.82) is 0 Å². The van der Waals surface area contributed by atoms with E-state index in [1.54, 1.807) is 12.1 Å². The van der Waals surface area contributed by atoms with Crippen LogP contribution in [0.4, 0.5) is 10.5 Å². The van der Waals surface area contributed by atoms with Gasteiger partial charge in [-0.25, -0.2) is 4.79 Å². The summed E-state index contributed by atoms with van der Waals surface area (Å²) in [4.78, 5) is 42.9. The maximum Gasteiger partial charge on any atom is 0.411 e. The largest absolute Gasteiger partial charge is 0.508 e. The van der Waals surface area contributed by atoms with Crippen molar-refractivity contribution < 1.29 is 24.2 Å². The molecule has 4 N–H and O–H groups in total. The molecule has 2 heterocycles. The second-order valence-corrected chi connectivity index (χ2v) is 13.7. The van der Waals surface area contributed by atoms with Gasteiger partial charge in [-0.3, -0.25) is 19.8 Å². The maximum absolute atomic E-state index is 12.8. The van der Waals surface area contributed by atoms with Crippen LogP contribution in [0.5, 0.6) is 5.75 Å². The number of phenols is 1. The van der Waals surface area contributed by atoms with Crippen molar-refractivity contribution in [3.05, 3.63) is 120 Å². The number of nitrogens with zero attached hydrogens (tertiary/aromatic N) is 2. The molecular formula is C42H49N5O5. The van der Waals surface area contributed by atoms with Crippen LogP contribution in [0.1, 0.15) is 47.2 Å². The summed E-state index contributed by atoms with van der Waals surface area (Å²) in [7, 11) is 0. The van der Waals surface area contributed by atoms with E-state index in [0.717, 1.165) is 92.9 Å². The number of hydrogen-bond acceptors (Lipinski definition) is 8. The number of carbonyl (C=O) groups is 3. The van der Waals surface area contributed by atoms with Crippen LogP contribution in [0.15, 0.2) is 103 Å². The highest BCUT2D eigenvalue weighted by Gasteiger charge is 2.25. The molecule has 0 spiro atoms.